The minimum Gasteiger partial charge on any atom is -0.454 e. The van der Waals surface area contributed by atoms with Crippen LogP contribution < -0.4 is 37.9 Å². The Labute approximate surface area is 358 Å². The lowest BCUT2D eigenvalue weighted by Crippen LogP contribution is -2.27. The molecule has 58 heavy (non-hydrogen) atoms. The van der Waals surface area contributed by atoms with Crippen LogP contribution in [0.4, 0.5) is 0 Å². The first-order chi connectivity index (χ1) is 27.0. The Balaban J connectivity index is 0.000000134. The summed E-state index contributed by atoms with van der Waals surface area (Å²) in [5.41, 5.74) is 10.0. The third-order valence-electron chi connectivity index (χ3n) is 14.1. The molecule has 0 radical (unpaired) electrons. The molecule has 0 aromatic heterocycles. The van der Waals surface area contributed by atoms with Gasteiger partial charge in [0.25, 0.3) is 0 Å². The third-order valence-corrected chi connectivity index (χ3v) is 14.7. The van der Waals surface area contributed by atoms with Crippen molar-refractivity contribution in [1.82, 2.24) is 0 Å². The highest BCUT2D eigenvalue weighted by atomic mass is 35.5. The molecule has 304 valence electrons. The molecule has 12 heteroatoms. The summed E-state index contributed by atoms with van der Waals surface area (Å²) in [6.07, 6.45) is 4.00. The van der Waals surface area contributed by atoms with Gasteiger partial charge in [0, 0.05) is 10.8 Å². The first-order valence-corrected chi connectivity index (χ1v) is 21.3. The molecule has 8 nitrogen and oxygen atoms in total. The van der Waals surface area contributed by atoms with Gasteiger partial charge in [-0.05, 0) is 187 Å². The largest absolute Gasteiger partial charge is 0.454 e. The summed E-state index contributed by atoms with van der Waals surface area (Å²) in [6.45, 7) is 19.0. The van der Waals surface area contributed by atoms with Crippen LogP contribution in [0.2, 0.25) is 0 Å². The Morgan fingerprint density at radius 3 is 0.793 bits per heavy atom. The second kappa shape index (κ2) is 11.2. The SMILES string of the molecule is CC1(C)CC2(CC(C)(C)c3cc4c(cc32)OC(Cl)(Cl)O4)c2cc3c(cc21)OC(Cl)(Cl)O3.CC1(C)CC2(CC(C)(C)c3cc4c(cc32)OCO4)c2cc3c(cc21)OCO3. The minimum absolute atomic E-state index is 0.0281. The monoisotopic (exact) mass is 864 g/mol. The molecule has 0 bridgehead atoms. The van der Waals surface area contributed by atoms with Gasteiger partial charge < -0.3 is 37.9 Å². The summed E-state index contributed by atoms with van der Waals surface area (Å²) >= 11 is 24.4. The van der Waals surface area contributed by atoms with E-state index in [0.29, 0.717) is 36.6 Å². The summed E-state index contributed by atoms with van der Waals surface area (Å²) in [7, 11) is 0. The van der Waals surface area contributed by atoms with E-state index in [-0.39, 0.29) is 32.5 Å². The zero-order valence-electron chi connectivity index (χ0n) is 33.6. The van der Waals surface area contributed by atoms with E-state index in [9.17, 15) is 0 Å². The standard InChI is InChI=1S/C23H20Cl4O4.C23H24O4/c1-19(2)9-21(13-7-17-15(5-11(13)19)28-22(24,25)30-17)10-20(3,4)12-6-16-18(8-14(12)21)31-23(26,27)29-16;1-21(2)9-23(15-7-19-17(5-13(15)21)24-11-26-19)10-22(3,4)14-6-18-20(8-16(14)23)27-12-25-18/h5-8H,9-10H2,1-4H3;5-8H,9-12H2,1-4H3. The summed E-state index contributed by atoms with van der Waals surface area (Å²) in [6, 6.07) is 17.0. The highest BCUT2D eigenvalue weighted by Crippen LogP contribution is 2.67. The minimum atomic E-state index is -1.71. The number of ether oxygens (including phenoxy) is 8. The molecule has 2 spiro atoms. The fourth-order valence-electron chi connectivity index (χ4n) is 12.3. The highest BCUT2D eigenvalue weighted by Gasteiger charge is 2.59. The quantitative estimate of drug-likeness (QED) is 0.162. The van der Waals surface area contributed by atoms with Crippen molar-refractivity contribution in [2.75, 3.05) is 13.6 Å². The molecule has 8 aliphatic rings. The Kier molecular flexibility index (Phi) is 7.24. The van der Waals surface area contributed by atoms with Crippen molar-refractivity contribution in [2.24, 2.45) is 0 Å². The summed E-state index contributed by atoms with van der Waals surface area (Å²) < 4.78 is 41.9. The number of hydrogen-bond acceptors (Lipinski definition) is 8. The van der Waals surface area contributed by atoms with Crippen molar-refractivity contribution < 1.29 is 37.9 Å². The molecule has 0 unspecified atom stereocenters. The number of fused-ring (bicyclic) bond motifs is 12. The average molecular weight is 867 g/mol. The van der Waals surface area contributed by atoms with Gasteiger partial charge in [0.05, 0.1) is 0 Å². The lowest BCUT2D eigenvalue weighted by Gasteiger charge is -2.30. The van der Waals surface area contributed by atoms with E-state index in [1.165, 1.54) is 44.5 Å². The number of hydrogen-bond donors (Lipinski definition) is 0. The van der Waals surface area contributed by atoms with Crippen LogP contribution in [0.25, 0.3) is 0 Å². The molecule has 4 aliphatic heterocycles. The Hall–Kier alpha value is -3.56. The first-order valence-electron chi connectivity index (χ1n) is 19.8. The second-order valence-electron chi connectivity index (χ2n) is 19.9. The van der Waals surface area contributed by atoms with Crippen molar-refractivity contribution >= 4 is 46.4 Å². The van der Waals surface area contributed by atoms with Crippen LogP contribution >= 0.6 is 46.4 Å². The van der Waals surface area contributed by atoms with Gasteiger partial charge in [0.1, 0.15) is 0 Å². The fourth-order valence-corrected chi connectivity index (χ4v) is 12.9. The van der Waals surface area contributed by atoms with Crippen molar-refractivity contribution in [3.63, 3.8) is 0 Å². The smallest absolute Gasteiger partial charge is 0.419 e. The van der Waals surface area contributed by atoms with Crippen LogP contribution in [0.15, 0.2) is 48.5 Å². The van der Waals surface area contributed by atoms with Crippen LogP contribution in [0, 0.1) is 0 Å². The fraction of sp³-hybridized carbons (Fsp3) is 0.478. The van der Waals surface area contributed by atoms with E-state index < -0.39 is 9.41 Å². The molecule has 0 atom stereocenters. The van der Waals surface area contributed by atoms with Gasteiger partial charge in [-0.3, -0.25) is 0 Å². The molecule has 4 heterocycles. The Morgan fingerprint density at radius 1 is 0.328 bits per heavy atom. The number of alkyl halides is 4. The first kappa shape index (κ1) is 37.4. The maximum Gasteiger partial charge on any atom is 0.419 e. The Bertz CT molecular complexity index is 2350. The van der Waals surface area contributed by atoms with E-state index in [1.54, 1.807) is 0 Å². The molecule has 12 rings (SSSR count). The van der Waals surface area contributed by atoms with Crippen LogP contribution in [0.3, 0.4) is 0 Å². The average Bonchev–Trinajstić information content (AvgIpc) is 3.97. The van der Waals surface area contributed by atoms with Gasteiger partial charge in [-0.25, -0.2) is 0 Å². The van der Waals surface area contributed by atoms with E-state index >= 15 is 0 Å². The van der Waals surface area contributed by atoms with Crippen molar-refractivity contribution in [3.05, 3.63) is 93.0 Å². The number of halogens is 4. The van der Waals surface area contributed by atoms with Crippen molar-refractivity contribution in [3.8, 4) is 46.0 Å². The predicted octanol–water partition coefficient (Wildman–Crippen LogP) is 11.8. The summed E-state index contributed by atoms with van der Waals surface area (Å²) in [4.78, 5) is 0. The molecule has 0 saturated heterocycles. The van der Waals surface area contributed by atoms with E-state index in [1.807, 2.05) is 24.3 Å². The summed E-state index contributed by atoms with van der Waals surface area (Å²) in [5, 5.41) is 0. The number of benzene rings is 4. The van der Waals surface area contributed by atoms with E-state index in [4.69, 9.17) is 84.3 Å². The lowest BCUT2D eigenvalue weighted by molar-refractivity contribution is 0.0845. The molecular weight excluding hydrogens is 822 g/mol. The maximum atomic E-state index is 6.10. The van der Waals surface area contributed by atoms with Gasteiger partial charge in [0.15, 0.2) is 46.0 Å². The third kappa shape index (κ3) is 5.13. The van der Waals surface area contributed by atoms with E-state index in [0.717, 1.165) is 48.7 Å². The maximum absolute atomic E-state index is 6.10. The van der Waals surface area contributed by atoms with E-state index in [2.05, 4.69) is 79.7 Å². The second-order valence-corrected chi connectivity index (χ2v) is 22.3. The van der Waals surface area contributed by atoms with Crippen molar-refractivity contribution in [2.45, 2.75) is 123 Å². The molecule has 0 amide bonds. The zero-order valence-corrected chi connectivity index (χ0v) is 36.7. The molecule has 0 fully saturated rings. The molecule has 0 saturated carbocycles. The topological polar surface area (TPSA) is 73.8 Å². The molecule has 4 aliphatic carbocycles. The molecule has 4 aromatic carbocycles. The van der Waals surface area contributed by atoms with Crippen LogP contribution in [0.5, 0.6) is 46.0 Å². The van der Waals surface area contributed by atoms with Crippen LogP contribution in [0.1, 0.15) is 126 Å². The van der Waals surface area contributed by atoms with Gasteiger partial charge in [-0.15, -0.1) is 0 Å². The predicted molar refractivity (Wildman–Crippen MR) is 222 cm³/mol. The van der Waals surface area contributed by atoms with Crippen LogP contribution in [-0.4, -0.2) is 23.0 Å². The van der Waals surface area contributed by atoms with Gasteiger partial charge in [-0.2, -0.15) is 0 Å². The Morgan fingerprint density at radius 2 is 0.534 bits per heavy atom. The molecule has 4 aromatic rings. The van der Waals surface area contributed by atoms with Crippen LogP contribution in [-0.2, 0) is 32.5 Å². The number of rotatable bonds is 0. The highest BCUT2D eigenvalue weighted by molar-refractivity contribution is 6.47. The van der Waals surface area contributed by atoms with Gasteiger partial charge in [-0.1, -0.05) is 55.4 Å². The van der Waals surface area contributed by atoms with Gasteiger partial charge in [0.2, 0.25) is 13.6 Å². The lowest BCUT2D eigenvalue weighted by atomic mass is 9.72. The summed E-state index contributed by atoms with van der Waals surface area (Å²) in [5.74, 6) is 5.72. The molecular formula is C46H44Cl4O8. The zero-order chi connectivity index (χ0) is 40.8. The van der Waals surface area contributed by atoms with Gasteiger partial charge >= 0.3 is 9.41 Å². The normalized spacial score (nSPS) is 24.6. The molecule has 0 N–H and O–H groups in total. The van der Waals surface area contributed by atoms with Crippen molar-refractivity contribution in [1.29, 1.82) is 0 Å².